The minimum atomic E-state index is -1.01. The summed E-state index contributed by atoms with van der Waals surface area (Å²) >= 11 is 6.25. The van der Waals surface area contributed by atoms with E-state index in [0.29, 0.717) is 29.2 Å². The van der Waals surface area contributed by atoms with E-state index < -0.39 is 11.9 Å². The third-order valence-electron chi connectivity index (χ3n) is 7.07. The van der Waals surface area contributed by atoms with Gasteiger partial charge in [0.05, 0.1) is 23.1 Å². The van der Waals surface area contributed by atoms with Gasteiger partial charge in [0, 0.05) is 5.56 Å². The van der Waals surface area contributed by atoms with Crippen LogP contribution in [0.5, 0.6) is 5.75 Å². The number of rotatable bonds is 18. The number of carboxylic acid groups (broad SMARTS) is 1. The van der Waals surface area contributed by atoms with Crippen molar-refractivity contribution in [3.63, 3.8) is 0 Å². The summed E-state index contributed by atoms with van der Waals surface area (Å²) in [5.41, 5.74) is 1.90. The lowest BCUT2D eigenvalue weighted by Crippen LogP contribution is -2.16. The van der Waals surface area contributed by atoms with Gasteiger partial charge in [-0.15, -0.1) is 18.2 Å². The molecule has 3 rings (SSSR count). The largest absolute Gasteiger partial charge is 0.494 e. The van der Waals surface area contributed by atoms with Crippen LogP contribution >= 0.6 is 11.6 Å². The first-order valence-electron chi connectivity index (χ1n) is 14.8. The quantitative estimate of drug-likeness (QED) is 0.0703. The molecule has 5 nitrogen and oxygen atoms in total. The van der Waals surface area contributed by atoms with E-state index in [2.05, 4.69) is 20.4 Å². The molecule has 0 aliphatic heterocycles. The van der Waals surface area contributed by atoms with Crippen LogP contribution < -0.4 is 4.74 Å². The van der Waals surface area contributed by atoms with Crippen molar-refractivity contribution in [2.75, 3.05) is 13.2 Å². The van der Waals surface area contributed by atoms with Crippen LogP contribution in [0, 0.1) is 5.92 Å². The second-order valence-corrected chi connectivity index (χ2v) is 11.6. The molecule has 0 fully saturated rings. The van der Waals surface area contributed by atoms with E-state index in [1.165, 1.54) is 32.1 Å². The van der Waals surface area contributed by atoms with Gasteiger partial charge >= 0.3 is 11.9 Å². The number of carbonyl (C=O) groups is 2. The van der Waals surface area contributed by atoms with Crippen molar-refractivity contribution < 1.29 is 24.2 Å². The fourth-order valence-corrected chi connectivity index (χ4v) is 5.37. The molecule has 0 aliphatic carbocycles. The summed E-state index contributed by atoms with van der Waals surface area (Å²) in [6, 6.07) is 16.0. The maximum atomic E-state index is 12.5. The Kier molecular flexibility index (Phi) is 13.2. The number of carboxylic acids is 1. The van der Waals surface area contributed by atoms with Crippen LogP contribution in [-0.4, -0.2) is 35.6 Å². The second kappa shape index (κ2) is 16.8. The topological polar surface area (TPSA) is 72.8 Å². The second-order valence-electron chi connectivity index (χ2n) is 11.0. The van der Waals surface area contributed by atoms with Crippen molar-refractivity contribution in [2.45, 2.75) is 77.0 Å². The van der Waals surface area contributed by atoms with Gasteiger partial charge in [0.15, 0.2) is 0 Å². The molecule has 0 aliphatic rings. The van der Waals surface area contributed by atoms with Crippen LogP contribution in [0.25, 0.3) is 21.9 Å². The Morgan fingerprint density at radius 2 is 1.61 bits per heavy atom. The Labute approximate surface area is 249 Å². The molecule has 0 amide bonds. The molecule has 0 radical (unpaired) electrons. The van der Waals surface area contributed by atoms with E-state index in [0.717, 1.165) is 42.2 Å². The molecule has 1 atom stereocenters. The van der Waals surface area contributed by atoms with Crippen molar-refractivity contribution in [3.8, 4) is 16.9 Å². The summed E-state index contributed by atoms with van der Waals surface area (Å²) in [6.45, 7) is 8.71. The molecule has 0 aromatic heterocycles. The molecule has 220 valence electrons. The fourth-order valence-electron chi connectivity index (χ4n) is 4.95. The molecular formula is C35H43ClO5. The lowest BCUT2D eigenvalue weighted by atomic mass is 9.92. The minimum absolute atomic E-state index is 0.146. The number of allylic oxidation sites excluding steroid dienone is 1. The van der Waals surface area contributed by atoms with Crippen LogP contribution in [0.4, 0.5) is 0 Å². The highest BCUT2D eigenvalue weighted by atomic mass is 35.5. The normalized spacial score (nSPS) is 11.9. The maximum Gasteiger partial charge on any atom is 0.338 e. The SMILES string of the molecule is C=CCCCCCCCCCOc1ccc2c(-c3ccc(C(=O)OC[C@@H](Cl)CC(C)C)cc3)c(C(=O)O)ccc2c1. The molecule has 0 bridgehead atoms. The number of hydrogen-bond donors (Lipinski definition) is 1. The van der Waals surface area contributed by atoms with Gasteiger partial charge in [-0.1, -0.05) is 76.3 Å². The van der Waals surface area contributed by atoms with Crippen LogP contribution in [0.3, 0.4) is 0 Å². The minimum Gasteiger partial charge on any atom is -0.494 e. The zero-order chi connectivity index (χ0) is 29.6. The average Bonchev–Trinajstić information content (AvgIpc) is 2.95. The Bertz CT molecular complexity index is 1280. The Balaban J connectivity index is 1.64. The highest BCUT2D eigenvalue weighted by Crippen LogP contribution is 2.34. The zero-order valence-corrected chi connectivity index (χ0v) is 25.1. The number of aromatic carboxylic acids is 1. The van der Waals surface area contributed by atoms with Gasteiger partial charge in [-0.05, 0) is 78.3 Å². The highest BCUT2D eigenvalue weighted by molar-refractivity contribution is 6.20. The molecule has 0 heterocycles. The van der Waals surface area contributed by atoms with Crippen LogP contribution in [0.15, 0.2) is 67.3 Å². The van der Waals surface area contributed by atoms with E-state index in [9.17, 15) is 14.7 Å². The molecule has 0 spiro atoms. The number of unbranched alkanes of at least 4 members (excludes halogenated alkanes) is 7. The molecule has 6 heteroatoms. The molecular weight excluding hydrogens is 536 g/mol. The monoisotopic (exact) mass is 578 g/mol. The fraction of sp³-hybridized carbons (Fsp3) is 0.429. The van der Waals surface area contributed by atoms with Crippen LogP contribution in [-0.2, 0) is 4.74 Å². The molecule has 3 aromatic rings. The van der Waals surface area contributed by atoms with E-state index in [1.807, 2.05) is 30.3 Å². The molecule has 1 N–H and O–H groups in total. The standard InChI is InChI=1S/C35H43ClO5/c1-4-5-6-7-8-9-10-11-12-21-40-30-18-20-31-28(23-30)17-19-32(34(37)38)33(31)26-13-15-27(16-14-26)35(39)41-24-29(36)22-25(2)3/h4,13-20,23,25,29H,1,5-12,21-22,24H2,2-3H3,(H,37,38)/t29-/m0/s1. The number of benzene rings is 3. The van der Waals surface area contributed by atoms with Gasteiger partial charge in [-0.2, -0.15) is 0 Å². The van der Waals surface area contributed by atoms with Crippen LogP contribution in [0.1, 0.15) is 92.4 Å². The van der Waals surface area contributed by atoms with Gasteiger partial charge in [0.1, 0.15) is 12.4 Å². The van der Waals surface area contributed by atoms with Gasteiger partial charge in [0.2, 0.25) is 0 Å². The summed E-state index contributed by atoms with van der Waals surface area (Å²) < 4.78 is 11.4. The molecule has 0 unspecified atom stereocenters. The number of alkyl halides is 1. The first kappa shape index (κ1) is 32.2. The Morgan fingerprint density at radius 3 is 2.27 bits per heavy atom. The van der Waals surface area contributed by atoms with Gasteiger partial charge in [0.25, 0.3) is 0 Å². The first-order valence-corrected chi connectivity index (χ1v) is 15.2. The van der Waals surface area contributed by atoms with Crippen molar-refractivity contribution in [2.24, 2.45) is 5.92 Å². The molecule has 41 heavy (non-hydrogen) atoms. The van der Waals surface area contributed by atoms with Gasteiger partial charge in [-0.3, -0.25) is 0 Å². The molecule has 3 aromatic carbocycles. The maximum absolute atomic E-state index is 12.5. The Morgan fingerprint density at radius 1 is 0.927 bits per heavy atom. The van der Waals surface area contributed by atoms with Crippen molar-refractivity contribution in [1.82, 2.24) is 0 Å². The van der Waals surface area contributed by atoms with Crippen molar-refractivity contribution >= 4 is 34.3 Å². The van der Waals surface area contributed by atoms with E-state index >= 15 is 0 Å². The van der Waals surface area contributed by atoms with Gasteiger partial charge < -0.3 is 14.6 Å². The predicted octanol–water partition coefficient (Wildman–Crippen LogP) is 9.70. The predicted molar refractivity (Wildman–Crippen MR) is 168 cm³/mol. The Hall–Kier alpha value is -3.31. The third kappa shape index (κ3) is 10.2. The number of esters is 1. The summed E-state index contributed by atoms with van der Waals surface area (Å²) in [6.07, 6.45) is 12.3. The van der Waals surface area contributed by atoms with Crippen molar-refractivity contribution in [1.29, 1.82) is 0 Å². The van der Waals surface area contributed by atoms with Crippen molar-refractivity contribution in [3.05, 3.63) is 78.4 Å². The lowest BCUT2D eigenvalue weighted by Gasteiger charge is -2.14. The number of carbonyl (C=O) groups excluding carboxylic acids is 1. The first-order chi connectivity index (χ1) is 19.8. The zero-order valence-electron chi connectivity index (χ0n) is 24.4. The summed E-state index contributed by atoms with van der Waals surface area (Å²) in [4.78, 5) is 24.6. The van der Waals surface area contributed by atoms with E-state index in [4.69, 9.17) is 21.1 Å². The van der Waals surface area contributed by atoms with E-state index in [1.54, 1.807) is 30.3 Å². The summed E-state index contributed by atoms with van der Waals surface area (Å²) in [5, 5.41) is 11.4. The average molecular weight is 579 g/mol. The van der Waals surface area contributed by atoms with Gasteiger partial charge in [-0.25, -0.2) is 9.59 Å². The lowest BCUT2D eigenvalue weighted by molar-refractivity contribution is 0.0498. The number of fused-ring (bicyclic) bond motifs is 1. The molecule has 0 saturated carbocycles. The highest BCUT2D eigenvalue weighted by Gasteiger charge is 2.17. The summed E-state index contributed by atoms with van der Waals surface area (Å²) in [7, 11) is 0. The van der Waals surface area contributed by atoms with E-state index in [-0.39, 0.29) is 17.5 Å². The number of ether oxygens (including phenoxy) is 2. The number of hydrogen-bond acceptors (Lipinski definition) is 4. The smallest absolute Gasteiger partial charge is 0.338 e. The molecule has 0 saturated heterocycles. The third-order valence-corrected chi connectivity index (χ3v) is 7.38. The number of halogens is 1. The summed E-state index contributed by atoms with van der Waals surface area (Å²) in [5.74, 6) is -0.277. The van der Waals surface area contributed by atoms with Crippen LogP contribution in [0.2, 0.25) is 0 Å².